The molecule has 134 valence electrons. The van der Waals surface area contributed by atoms with Crippen LogP contribution in [0, 0.1) is 5.92 Å². The predicted molar refractivity (Wildman–Crippen MR) is 94.0 cm³/mol. The minimum absolute atomic E-state index is 0.135. The van der Waals surface area contributed by atoms with E-state index >= 15 is 0 Å². The van der Waals surface area contributed by atoms with Crippen molar-refractivity contribution in [3.05, 3.63) is 30.2 Å². The lowest BCUT2D eigenvalue weighted by atomic mass is 10.0. The molecule has 6 nitrogen and oxygen atoms in total. The third-order valence-corrected chi connectivity index (χ3v) is 4.86. The molecule has 0 spiro atoms. The van der Waals surface area contributed by atoms with Crippen LogP contribution in [0.15, 0.2) is 28.8 Å². The second-order valence-electron chi connectivity index (χ2n) is 6.68. The van der Waals surface area contributed by atoms with Crippen molar-refractivity contribution in [3.8, 4) is 17.1 Å². The lowest BCUT2D eigenvalue weighted by Gasteiger charge is -2.16. The zero-order valence-corrected chi connectivity index (χ0v) is 14.9. The van der Waals surface area contributed by atoms with Crippen molar-refractivity contribution in [2.45, 2.75) is 45.1 Å². The van der Waals surface area contributed by atoms with Crippen LogP contribution in [0.2, 0.25) is 0 Å². The zero-order chi connectivity index (χ0) is 17.6. The van der Waals surface area contributed by atoms with Crippen molar-refractivity contribution in [2.75, 3.05) is 14.2 Å². The number of carbonyl (C=O) groups is 1. The number of aromatic nitrogens is 2. The summed E-state index contributed by atoms with van der Waals surface area (Å²) >= 11 is 0. The third-order valence-electron chi connectivity index (χ3n) is 4.86. The molecule has 1 saturated carbocycles. The zero-order valence-electron chi connectivity index (χ0n) is 14.9. The number of ether oxygens (including phenoxy) is 1. The van der Waals surface area contributed by atoms with Gasteiger partial charge in [0.1, 0.15) is 5.75 Å². The van der Waals surface area contributed by atoms with E-state index in [4.69, 9.17) is 9.26 Å². The highest BCUT2D eigenvalue weighted by atomic mass is 16.5. The summed E-state index contributed by atoms with van der Waals surface area (Å²) in [7, 11) is 3.41. The van der Waals surface area contributed by atoms with Gasteiger partial charge >= 0.3 is 0 Å². The first-order chi connectivity index (χ1) is 12.2. The molecule has 1 heterocycles. The standard InChI is InChI=1S/C19H25N3O3/c1-22(18(23)12-7-14-5-3-4-6-14)13-17-20-19(21-25-17)15-8-10-16(24-2)11-9-15/h8-11,14H,3-7,12-13H2,1-2H3. The second-order valence-corrected chi connectivity index (χ2v) is 6.68. The molecule has 25 heavy (non-hydrogen) atoms. The molecular formula is C19H25N3O3. The second kappa shape index (κ2) is 8.14. The molecule has 0 bridgehead atoms. The number of hydrogen-bond donors (Lipinski definition) is 0. The van der Waals surface area contributed by atoms with E-state index in [1.54, 1.807) is 19.1 Å². The molecule has 1 aliphatic carbocycles. The fourth-order valence-electron chi connectivity index (χ4n) is 3.28. The molecule has 1 amide bonds. The Labute approximate surface area is 148 Å². The summed E-state index contributed by atoms with van der Waals surface area (Å²) in [5, 5.41) is 4.00. The molecule has 0 aliphatic heterocycles. The van der Waals surface area contributed by atoms with Gasteiger partial charge in [-0.25, -0.2) is 0 Å². The van der Waals surface area contributed by atoms with E-state index in [2.05, 4.69) is 10.1 Å². The number of rotatable bonds is 7. The van der Waals surface area contributed by atoms with E-state index in [0.29, 0.717) is 24.7 Å². The first kappa shape index (κ1) is 17.5. The van der Waals surface area contributed by atoms with Crippen LogP contribution in [0.25, 0.3) is 11.4 Å². The number of amides is 1. The Kier molecular flexibility index (Phi) is 5.68. The SMILES string of the molecule is COc1ccc(-c2noc(CN(C)C(=O)CCC3CCCC3)n2)cc1. The van der Waals surface area contributed by atoms with Crippen LogP contribution in [0.5, 0.6) is 5.75 Å². The van der Waals surface area contributed by atoms with Crippen LogP contribution in [-0.2, 0) is 11.3 Å². The van der Waals surface area contributed by atoms with E-state index < -0.39 is 0 Å². The van der Waals surface area contributed by atoms with Crippen molar-refractivity contribution < 1.29 is 14.1 Å². The van der Waals surface area contributed by atoms with Gasteiger partial charge < -0.3 is 14.2 Å². The highest BCUT2D eigenvalue weighted by Gasteiger charge is 2.19. The van der Waals surface area contributed by atoms with Gasteiger partial charge in [-0.1, -0.05) is 30.8 Å². The summed E-state index contributed by atoms with van der Waals surface area (Å²) in [6.07, 6.45) is 6.75. The Hall–Kier alpha value is -2.37. The fraction of sp³-hybridized carbons (Fsp3) is 0.526. The van der Waals surface area contributed by atoms with Gasteiger partial charge in [-0.3, -0.25) is 4.79 Å². The van der Waals surface area contributed by atoms with E-state index in [1.807, 2.05) is 24.3 Å². The summed E-state index contributed by atoms with van der Waals surface area (Å²) in [4.78, 5) is 18.3. The summed E-state index contributed by atoms with van der Waals surface area (Å²) in [6, 6.07) is 7.46. The molecule has 0 radical (unpaired) electrons. The smallest absolute Gasteiger partial charge is 0.246 e. The Morgan fingerprint density at radius 2 is 2.00 bits per heavy atom. The maximum atomic E-state index is 12.3. The summed E-state index contributed by atoms with van der Waals surface area (Å²) in [5.41, 5.74) is 0.853. The minimum atomic E-state index is 0.135. The maximum Gasteiger partial charge on any atom is 0.246 e. The van der Waals surface area contributed by atoms with E-state index in [1.165, 1.54) is 25.7 Å². The van der Waals surface area contributed by atoms with Crippen molar-refractivity contribution in [3.63, 3.8) is 0 Å². The van der Waals surface area contributed by atoms with Crippen molar-refractivity contribution in [1.82, 2.24) is 15.0 Å². The number of benzene rings is 1. The van der Waals surface area contributed by atoms with E-state index in [-0.39, 0.29) is 5.91 Å². The molecule has 0 saturated heterocycles. The summed E-state index contributed by atoms with van der Waals surface area (Å²) < 4.78 is 10.4. The van der Waals surface area contributed by atoms with Gasteiger partial charge in [0.15, 0.2) is 0 Å². The van der Waals surface area contributed by atoms with Crippen LogP contribution in [0.1, 0.15) is 44.4 Å². The van der Waals surface area contributed by atoms with E-state index in [0.717, 1.165) is 23.7 Å². The average molecular weight is 343 g/mol. The van der Waals surface area contributed by atoms with Crippen molar-refractivity contribution in [1.29, 1.82) is 0 Å². The molecule has 0 unspecified atom stereocenters. The number of carbonyl (C=O) groups excluding carboxylic acids is 1. The highest BCUT2D eigenvalue weighted by Crippen LogP contribution is 2.28. The molecule has 6 heteroatoms. The predicted octanol–water partition coefficient (Wildman–Crippen LogP) is 3.67. The van der Waals surface area contributed by atoms with Gasteiger partial charge in [-0.05, 0) is 36.6 Å². The van der Waals surface area contributed by atoms with Crippen LogP contribution in [0.3, 0.4) is 0 Å². The normalized spacial score (nSPS) is 14.6. The quantitative estimate of drug-likeness (QED) is 0.767. The lowest BCUT2D eigenvalue weighted by Crippen LogP contribution is -2.26. The number of hydrogen-bond acceptors (Lipinski definition) is 5. The van der Waals surface area contributed by atoms with E-state index in [9.17, 15) is 4.79 Å². The fourth-order valence-corrected chi connectivity index (χ4v) is 3.28. The van der Waals surface area contributed by atoms with Gasteiger partial charge in [0.05, 0.1) is 13.7 Å². The Balaban J connectivity index is 1.53. The Morgan fingerprint density at radius 3 is 2.68 bits per heavy atom. The molecule has 1 aromatic carbocycles. The Bertz CT molecular complexity index is 690. The van der Waals surface area contributed by atoms with Crippen molar-refractivity contribution in [2.24, 2.45) is 5.92 Å². The molecular weight excluding hydrogens is 318 g/mol. The highest BCUT2D eigenvalue weighted by molar-refractivity contribution is 5.75. The largest absolute Gasteiger partial charge is 0.497 e. The molecule has 3 rings (SSSR count). The lowest BCUT2D eigenvalue weighted by molar-refractivity contribution is -0.131. The molecule has 0 N–H and O–H groups in total. The summed E-state index contributed by atoms with van der Waals surface area (Å²) in [5.74, 6) is 2.60. The van der Waals surface area contributed by atoms with Crippen LogP contribution >= 0.6 is 0 Å². The van der Waals surface area contributed by atoms with Crippen molar-refractivity contribution >= 4 is 5.91 Å². The maximum absolute atomic E-state index is 12.3. The Morgan fingerprint density at radius 1 is 1.28 bits per heavy atom. The topological polar surface area (TPSA) is 68.5 Å². The third kappa shape index (κ3) is 4.59. The average Bonchev–Trinajstić information content (AvgIpc) is 3.31. The van der Waals surface area contributed by atoms with Crippen LogP contribution in [-0.4, -0.2) is 35.1 Å². The van der Waals surface area contributed by atoms with Gasteiger partial charge in [0.25, 0.3) is 0 Å². The minimum Gasteiger partial charge on any atom is -0.497 e. The monoisotopic (exact) mass is 343 g/mol. The molecule has 1 aromatic heterocycles. The van der Waals surface area contributed by atoms with Crippen LogP contribution in [0.4, 0.5) is 0 Å². The van der Waals surface area contributed by atoms with Gasteiger partial charge in [0.2, 0.25) is 17.6 Å². The van der Waals surface area contributed by atoms with Crippen LogP contribution < -0.4 is 4.74 Å². The first-order valence-electron chi connectivity index (χ1n) is 8.86. The molecule has 1 fully saturated rings. The van der Waals surface area contributed by atoms with Gasteiger partial charge in [0, 0.05) is 19.0 Å². The molecule has 1 aliphatic rings. The van der Waals surface area contributed by atoms with Gasteiger partial charge in [-0.15, -0.1) is 0 Å². The number of methoxy groups -OCH3 is 1. The molecule has 2 aromatic rings. The summed E-state index contributed by atoms with van der Waals surface area (Å²) in [6.45, 7) is 0.340. The molecule has 0 atom stereocenters. The van der Waals surface area contributed by atoms with Gasteiger partial charge in [-0.2, -0.15) is 4.98 Å². The number of nitrogens with zero attached hydrogens (tertiary/aromatic N) is 3. The first-order valence-corrected chi connectivity index (χ1v) is 8.86.